The minimum atomic E-state index is -0.681. The Morgan fingerprint density at radius 2 is 1.62 bits per heavy atom. The lowest BCUT2D eigenvalue weighted by Crippen LogP contribution is -2.29. The van der Waals surface area contributed by atoms with Gasteiger partial charge < -0.3 is 19.5 Å². The minimum Gasteiger partial charge on any atom is -0.494 e. The Balaban J connectivity index is 1.66. The first-order valence-corrected chi connectivity index (χ1v) is 8.10. The molecule has 2 rings (SSSR count). The number of carbonyl (C=O) groups excluding carboxylic acids is 2. The van der Waals surface area contributed by atoms with Crippen LogP contribution in [-0.4, -0.2) is 31.7 Å². The predicted molar refractivity (Wildman–Crippen MR) is 92.3 cm³/mol. The number of esters is 1. The van der Waals surface area contributed by atoms with Crippen molar-refractivity contribution in [1.82, 2.24) is 5.32 Å². The van der Waals surface area contributed by atoms with E-state index in [1.807, 2.05) is 6.92 Å². The molecule has 138 valence electrons. The van der Waals surface area contributed by atoms with Gasteiger partial charge in [0, 0.05) is 12.1 Å². The molecule has 26 heavy (non-hydrogen) atoms. The van der Waals surface area contributed by atoms with Gasteiger partial charge in [-0.25, -0.2) is 9.18 Å². The van der Waals surface area contributed by atoms with Gasteiger partial charge in [0.2, 0.25) is 0 Å². The number of rotatable bonds is 9. The third-order valence-electron chi connectivity index (χ3n) is 3.29. The van der Waals surface area contributed by atoms with Crippen molar-refractivity contribution >= 4 is 11.9 Å². The second kappa shape index (κ2) is 10.0. The van der Waals surface area contributed by atoms with E-state index in [0.29, 0.717) is 23.7 Å². The van der Waals surface area contributed by atoms with Gasteiger partial charge in [-0.15, -0.1) is 0 Å². The van der Waals surface area contributed by atoms with Gasteiger partial charge in [0.05, 0.1) is 6.61 Å². The van der Waals surface area contributed by atoms with Crippen LogP contribution in [0, 0.1) is 5.82 Å². The van der Waals surface area contributed by atoms with E-state index in [1.54, 1.807) is 42.5 Å². The summed E-state index contributed by atoms with van der Waals surface area (Å²) < 4.78 is 28.8. The first-order valence-electron chi connectivity index (χ1n) is 8.10. The fourth-order valence-corrected chi connectivity index (χ4v) is 2.02. The van der Waals surface area contributed by atoms with Gasteiger partial charge in [-0.3, -0.25) is 4.79 Å². The van der Waals surface area contributed by atoms with Crippen LogP contribution in [-0.2, 0) is 20.9 Å². The molecule has 0 heterocycles. The largest absolute Gasteiger partial charge is 0.494 e. The number of amides is 1. The third-order valence-corrected chi connectivity index (χ3v) is 3.29. The highest BCUT2D eigenvalue weighted by molar-refractivity contribution is 5.80. The van der Waals surface area contributed by atoms with Crippen molar-refractivity contribution in [2.24, 2.45) is 0 Å². The second-order valence-corrected chi connectivity index (χ2v) is 5.22. The molecular weight excluding hydrogens is 341 g/mol. The number of benzene rings is 2. The highest BCUT2D eigenvalue weighted by Crippen LogP contribution is 2.17. The molecule has 0 spiro atoms. The fraction of sp³-hybridized carbons (Fsp3) is 0.263. The number of ether oxygens (including phenoxy) is 3. The zero-order valence-corrected chi connectivity index (χ0v) is 14.4. The van der Waals surface area contributed by atoms with Crippen molar-refractivity contribution in [3.63, 3.8) is 0 Å². The van der Waals surface area contributed by atoms with Crippen LogP contribution in [0.2, 0.25) is 0 Å². The van der Waals surface area contributed by atoms with Crippen LogP contribution in [0.15, 0.2) is 48.5 Å². The third kappa shape index (κ3) is 6.43. The van der Waals surface area contributed by atoms with Crippen LogP contribution in [0.3, 0.4) is 0 Å². The van der Waals surface area contributed by atoms with E-state index in [-0.39, 0.29) is 13.2 Å². The Bertz CT molecular complexity index is 733. The smallest absolute Gasteiger partial charge is 0.344 e. The van der Waals surface area contributed by atoms with E-state index in [2.05, 4.69) is 5.32 Å². The summed E-state index contributed by atoms with van der Waals surface area (Å²) >= 11 is 0. The molecule has 0 radical (unpaired) electrons. The molecule has 0 aliphatic rings. The molecule has 0 unspecified atom stereocenters. The average molecular weight is 361 g/mol. The van der Waals surface area contributed by atoms with Gasteiger partial charge in [-0.2, -0.15) is 0 Å². The van der Waals surface area contributed by atoms with E-state index in [0.717, 1.165) is 0 Å². The standard InChI is InChI=1S/C19H20FNO5/c1-2-24-15-7-9-16(10-8-15)25-13-19(23)26-12-18(22)21-11-14-5-3-4-6-17(14)20/h3-10H,2,11-13H2,1H3,(H,21,22). The second-order valence-electron chi connectivity index (χ2n) is 5.22. The summed E-state index contributed by atoms with van der Waals surface area (Å²) in [5, 5.41) is 2.48. The average Bonchev–Trinajstić information content (AvgIpc) is 2.65. The van der Waals surface area contributed by atoms with Crippen LogP contribution in [0.25, 0.3) is 0 Å². The van der Waals surface area contributed by atoms with Crippen LogP contribution in [0.5, 0.6) is 11.5 Å². The molecule has 6 nitrogen and oxygen atoms in total. The lowest BCUT2D eigenvalue weighted by molar-refractivity contribution is -0.150. The molecule has 2 aromatic rings. The molecule has 1 amide bonds. The van der Waals surface area contributed by atoms with Crippen LogP contribution in [0.1, 0.15) is 12.5 Å². The summed E-state index contributed by atoms with van der Waals surface area (Å²) in [7, 11) is 0. The molecule has 0 bridgehead atoms. The first-order chi connectivity index (χ1) is 12.6. The minimum absolute atomic E-state index is 0.0196. The van der Waals surface area contributed by atoms with Crippen LogP contribution in [0.4, 0.5) is 4.39 Å². The van der Waals surface area contributed by atoms with Gasteiger partial charge >= 0.3 is 5.97 Å². The Morgan fingerprint density at radius 3 is 2.27 bits per heavy atom. The quantitative estimate of drug-likeness (QED) is 0.695. The molecule has 0 aromatic heterocycles. The number of nitrogens with one attached hydrogen (secondary N) is 1. The normalized spacial score (nSPS) is 10.1. The van der Waals surface area contributed by atoms with E-state index >= 15 is 0 Å². The summed E-state index contributed by atoms with van der Waals surface area (Å²) in [6, 6.07) is 12.9. The number of hydrogen-bond acceptors (Lipinski definition) is 5. The molecule has 0 aliphatic heterocycles. The van der Waals surface area contributed by atoms with Gasteiger partial charge in [0.1, 0.15) is 17.3 Å². The Labute approximate surface area is 150 Å². The van der Waals surface area contributed by atoms with Crippen molar-refractivity contribution in [3.8, 4) is 11.5 Å². The summed E-state index contributed by atoms with van der Waals surface area (Å²) in [5.74, 6) is -0.431. The van der Waals surface area contributed by atoms with Crippen molar-refractivity contribution < 1.29 is 28.2 Å². The molecule has 0 fully saturated rings. The Morgan fingerprint density at radius 1 is 0.962 bits per heavy atom. The summed E-state index contributed by atoms with van der Waals surface area (Å²) in [5.41, 5.74) is 0.353. The molecule has 7 heteroatoms. The number of hydrogen-bond donors (Lipinski definition) is 1. The molecular formula is C19H20FNO5. The van der Waals surface area contributed by atoms with Crippen molar-refractivity contribution in [2.75, 3.05) is 19.8 Å². The fourth-order valence-electron chi connectivity index (χ4n) is 2.02. The SMILES string of the molecule is CCOc1ccc(OCC(=O)OCC(=O)NCc2ccccc2F)cc1. The molecule has 2 aromatic carbocycles. The lowest BCUT2D eigenvalue weighted by atomic mass is 10.2. The first kappa shape index (κ1) is 19.2. The maximum absolute atomic E-state index is 13.4. The summed E-state index contributed by atoms with van der Waals surface area (Å²) in [6.45, 7) is 1.68. The van der Waals surface area contributed by atoms with E-state index in [4.69, 9.17) is 14.2 Å². The monoisotopic (exact) mass is 361 g/mol. The molecule has 0 saturated carbocycles. The highest BCUT2D eigenvalue weighted by atomic mass is 19.1. The predicted octanol–water partition coefficient (Wildman–Crippen LogP) is 2.46. The molecule has 0 aliphatic carbocycles. The molecule has 1 N–H and O–H groups in total. The maximum Gasteiger partial charge on any atom is 0.344 e. The molecule has 0 atom stereocenters. The van der Waals surface area contributed by atoms with E-state index in [9.17, 15) is 14.0 Å². The van der Waals surface area contributed by atoms with E-state index < -0.39 is 24.3 Å². The maximum atomic E-state index is 13.4. The Kier molecular flexibility index (Phi) is 7.42. The zero-order valence-electron chi connectivity index (χ0n) is 14.4. The van der Waals surface area contributed by atoms with E-state index in [1.165, 1.54) is 6.07 Å². The molecule has 0 saturated heterocycles. The Hall–Kier alpha value is -3.09. The van der Waals surface area contributed by atoms with Crippen LogP contribution < -0.4 is 14.8 Å². The summed E-state index contributed by atoms with van der Waals surface area (Å²) in [6.07, 6.45) is 0. The van der Waals surface area contributed by atoms with Gasteiger partial charge in [0.25, 0.3) is 5.91 Å². The van der Waals surface area contributed by atoms with Gasteiger partial charge in [-0.1, -0.05) is 18.2 Å². The topological polar surface area (TPSA) is 73.9 Å². The van der Waals surface area contributed by atoms with Gasteiger partial charge in [0.15, 0.2) is 13.2 Å². The van der Waals surface area contributed by atoms with Crippen molar-refractivity contribution in [3.05, 3.63) is 59.9 Å². The zero-order chi connectivity index (χ0) is 18.8. The van der Waals surface area contributed by atoms with Crippen LogP contribution >= 0.6 is 0 Å². The van der Waals surface area contributed by atoms with Crippen molar-refractivity contribution in [1.29, 1.82) is 0 Å². The highest BCUT2D eigenvalue weighted by Gasteiger charge is 2.09. The van der Waals surface area contributed by atoms with Crippen molar-refractivity contribution in [2.45, 2.75) is 13.5 Å². The number of carbonyl (C=O) groups is 2. The summed E-state index contributed by atoms with van der Waals surface area (Å²) in [4.78, 5) is 23.2. The lowest BCUT2D eigenvalue weighted by Gasteiger charge is -2.09. The number of halogens is 1. The van der Waals surface area contributed by atoms with Gasteiger partial charge in [-0.05, 0) is 37.3 Å².